The van der Waals surface area contributed by atoms with E-state index in [-0.39, 0.29) is 29.9 Å². The van der Waals surface area contributed by atoms with Crippen LogP contribution in [0.4, 0.5) is 16.2 Å². The van der Waals surface area contributed by atoms with Gasteiger partial charge in [0.1, 0.15) is 0 Å². The Morgan fingerprint density at radius 3 is 2.52 bits per heavy atom. The summed E-state index contributed by atoms with van der Waals surface area (Å²) in [6.45, 7) is 0.332. The van der Waals surface area contributed by atoms with Crippen LogP contribution in [0, 0.1) is 10.1 Å². The van der Waals surface area contributed by atoms with Crippen molar-refractivity contribution >= 4 is 40.0 Å². The predicted octanol–water partition coefficient (Wildman–Crippen LogP) is 3.56. The zero-order chi connectivity index (χ0) is 22.0. The normalized spacial score (nSPS) is 12.7. The summed E-state index contributed by atoms with van der Waals surface area (Å²) in [5.41, 5.74) is 0.615. The molecule has 3 aromatic rings. The zero-order valence-corrected chi connectivity index (χ0v) is 16.3. The molecule has 0 aliphatic carbocycles. The second-order valence-corrected chi connectivity index (χ2v) is 7.01. The van der Waals surface area contributed by atoms with E-state index in [1.165, 1.54) is 12.1 Å². The van der Waals surface area contributed by atoms with Crippen molar-refractivity contribution in [1.29, 1.82) is 0 Å². The first kappa shape index (κ1) is 20.0. The first-order valence-electron chi connectivity index (χ1n) is 9.63. The molecule has 0 unspecified atom stereocenters. The lowest BCUT2D eigenvalue weighted by Gasteiger charge is -2.14. The lowest BCUT2D eigenvalue weighted by Crippen LogP contribution is -2.35. The number of nitrogens with one attached hydrogen (secondary N) is 2. The summed E-state index contributed by atoms with van der Waals surface area (Å²) in [6, 6.07) is 16.5. The highest BCUT2D eigenvalue weighted by atomic mass is 16.6. The van der Waals surface area contributed by atoms with Crippen molar-refractivity contribution in [3.05, 3.63) is 81.9 Å². The molecule has 0 saturated heterocycles. The summed E-state index contributed by atoms with van der Waals surface area (Å²) < 4.78 is 0. The number of fused-ring (bicyclic) bond motifs is 2. The zero-order valence-electron chi connectivity index (χ0n) is 16.3. The third kappa shape index (κ3) is 3.93. The second-order valence-electron chi connectivity index (χ2n) is 7.01. The highest BCUT2D eigenvalue weighted by Crippen LogP contribution is 2.27. The largest absolute Gasteiger partial charge is 0.338 e. The molecule has 0 aromatic heterocycles. The molecule has 156 valence electrons. The van der Waals surface area contributed by atoms with Gasteiger partial charge in [0, 0.05) is 30.6 Å². The molecule has 1 heterocycles. The van der Waals surface area contributed by atoms with Gasteiger partial charge in [-0.25, -0.2) is 4.79 Å². The van der Waals surface area contributed by atoms with E-state index in [1.807, 2.05) is 36.4 Å². The maximum absolute atomic E-state index is 12.5. The number of urea groups is 1. The molecule has 9 heteroatoms. The molecular formula is C22H18N4O5. The molecule has 9 nitrogen and oxygen atoms in total. The predicted molar refractivity (Wildman–Crippen MR) is 114 cm³/mol. The van der Waals surface area contributed by atoms with Crippen molar-refractivity contribution in [1.82, 2.24) is 10.2 Å². The summed E-state index contributed by atoms with van der Waals surface area (Å²) in [7, 11) is 0. The van der Waals surface area contributed by atoms with Crippen LogP contribution >= 0.6 is 0 Å². The van der Waals surface area contributed by atoms with Crippen LogP contribution in [-0.4, -0.2) is 40.8 Å². The minimum absolute atomic E-state index is 0.0286. The van der Waals surface area contributed by atoms with E-state index in [4.69, 9.17) is 0 Å². The van der Waals surface area contributed by atoms with Crippen LogP contribution in [0.1, 0.15) is 27.1 Å². The number of benzene rings is 3. The lowest BCUT2D eigenvalue weighted by molar-refractivity contribution is -0.384. The van der Waals surface area contributed by atoms with E-state index in [0.717, 1.165) is 21.7 Å². The minimum Gasteiger partial charge on any atom is -0.338 e. The van der Waals surface area contributed by atoms with Crippen LogP contribution in [0.3, 0.4) is 0 Å². The molecule has 3 aromatic carbocycles. The van der Waals surface area contributed by atoms with Gasteiger partial charge in [-0.1, -0.05) is 36.4 Å². The Morgan fingerprint density at radius 1 is 0.968 bits per heavy atom. The minimum atomic E-state index is -0.612. The smallest absolute Gasteiger partial charge is 0.319 e. The van der Waals surface area contributed by atoms with Crippen LogP contribution in [0.15, 0.2) is 60.7 Å². The van der Waals surface area contributed by atoms with Crippen molar-refractivity contribution in [2.75, 3.05) is 18.4 Å². The fraction of sp³-hybridized carbons (Fsp3) is 0.136. The Bertz CT molecular complexity index is 1220. The summed E-state index contributed by atoms with van der Waals surface area (Å²) in [5, 5.41) is 18.3. The van der Waals surface area contributed by atoms with Crippen molar-refractivity contribution in [3.8, 4) is 0 Å². The number of non-ortho nitro benzene ring substituents is 1. The van der Waals surface area contributed by atoms with Crippen molar-refractivity contribution in [2.24, 2.45) is 0 Å². The Hall–Kier alpha value is -4.27. The van der Waals surface area contributed by atoms with E-state index < -0.39 is 22.8 Å². The third-order valence-corrected chi connectivity index (χ3v) is 5.05. The number of carbonyl (C=O) groups excluding carboxylic acids is 3. The van der Waals surface area contributed by atoms with Crippen LogP contribution in [0.2, 0.25) is 0 Å². The van der Waals surface area contributed by atoms with Gasteiger partial charge in [0.2, 0.25) is 0 Å². The number of carbonyl (C=O) groups is 3. The van der Waals surface area contributed by atoms with Gasteiger partial charge in [0.15, 0.2) is 0 Å². The molecule has 0 fully saturated rings. The molecule has 1 aliphatic rings. The summed E-state index contributed by atoms with van der Waals surface area (Å²) in [6.07, 6.45) is 0.344. The average molecular weight is 418 g/mol. The van der Waals surface area contributed by atoms with Crippen LogP contribution < -0.4 is 10.6 Å². The number of nitro groups is 1. The highest BCUT2D eigenvalue weighted by Gasteiger charge is 2.36. The molecule has 0 radical (unpaired) electrons. The van der Waals surface area contributed by atoms with Gasteiger partial charge >= 0.3 is 6.03 Å². The third-order valence-electron chi connectivity index (χ3n) is 5.05. The van der Waals surface area contributed by atoms with E-state index >= 15 is 0 Å². The Kier molecular flexibility index (Phi) is 5.31. The second kappa shape index (κ2) is 8.23. The molecular weight excluding hydrogens is 400 g/mol. The fourth-order valence-electron chi connectivity index (χ4n) is 3.54. The maximum atomic E-state index is 12.5. The standard InChI is InChI=1S/C22H18N4O5/c27-20-17-10-9-15(26(30)31)13-18(17)21(28)25(20)12-4-11-23-22(29)24-19-8-3-6-14-5-1-2-7-16(14)19/h1-3,5-10,13H,4,11-12H2,(H2,23,24,29). The summed E-state index contributed by atoms with van der Waals surface area (Å²) in [5.74, 6) is -1.06. The van der Waals surface area contributed by atoms with Crippen LogP contribution in [0.25, 0.3) is 10.8 Å². The summed E-state index contributed by atoms with van der Waals surface area (Å²) in [4.78, 5) is 48.4. The number of hydrogen-bond acceptors (Lipinski definition) is 5. The average Bonchev–Trinajstić information content (AvgIpc) is 3.01. The van der Waals surface area contributed by atoms with E-state index in [1.54, 1.807) is 6.07 Å². The molecule has 0 spiro atoms. The van der Waals surface area contributed by atoms with Crippen molar-refractivity contribution in [3.63, 3.8) is 0 Å². The molecule has 0 atom stereocenters. The number of rotatable bonds is 6. The number of amides is 4. The fourth-order valence-corrected chi connectivity index (χ4v) is 3.54. The van der Waals surface area contributed by atoms with Crippen molar-refractivity contribution < 1.29 is 19.3 Å². The SMILES string of the molecule is O=C(NCCCN1C(=O)c2ccc([N+](=O)[O-])cc2C1=O)Nc1cccc2ccccc12. The Morgan fingerprint density at radius 2 is 1.71 bits per heavy atom. The topological polar surface area (TPSA) is 122 Å². The first-order chi connectivity index (χ1) is 15.0. The van der Waals surface area contributed by atoms with Crippen LogP contribution in [-0.2, 0) is 0 Å². The quantitative estimate of drug-likeness (QED) is 0.274. The van der Waals surface area contributed by atoms with E-state index in [2.05, 4.69) is 10.6 Å². The molecule has 4 rings (SSSR count). The van der Waals surface area contributed by atoms with Gasteiger partial charge in [-0.05, 0) is 23.9 Å². The summed E-state index contributed by atoms with van der Waals surface area (Å²) >= 11 is 0. The number of anilines is 1. The number of nitrogens with zero attached hydrogens (tertiary/aromatic N) is 2. The maximum Gasteiger partial charge on any atom is 0.319 e. The molecule has 1 aliphatic heterocycles. The highest BCUT2D eigenvalue weighted by molar-refractivity contribution is 6.21. The van der Waals surface area contributed by atoms with Gasteiger partial charge < -0.3 is 10.6 Å². The Balaban J connectivity index is 1.31. The first-order valence-corrected chi connectivity index (χ1v) is 9.63. The Labute approximate surface area is 176 Å². The van der Waals surface area contributed by atoms with Gasteiger partial charge in [0.25, 0.3) is 17.5 Å². The molecule has 2 N–H and O–H groups in total. The van der Waals surface area contributed by atoms with Gasteiger partial charge in [-0.2, -0.15) is 0 Å². The monoisotopic (exact) mass is 418 g/mol. The lowest BCUT2D eigenvalue weighted by atomic mass is 10.1. The molecule has 0 saturated carbocycles. The van der Waals surface area contributed by atoms with Gasteiger partial charge in [-0.15, -0.1) is 0 Å². The molecule has 31 heavy (non-hydrogen) atoms. The van der Waals surface area contributed by atoms with Gasteiger partial charge in [-0.3, -0.25) is 24.6 Å². The van der Waals surface area contributed by atoms with Gasteiger partial charge in [0.05, 0.1) is 21.7 Å². The molecule has 0 bridgehead atoms. The van der Waals surface area contributed by atoms with Crippen LogP contribution in [0.5, 0.6) is 0 Å². The number of hydrogen-bond donors (Lipinski definition) is 2. The molecule has 4 amide bonds. The number of nitro benzene ring substituents is 1. The van der Waals surface area contributed by atoms with E-state index in [0.29, 0.717) is 12.1 Å². The van der Waals surface area contributed by atoms with E-state index in [9.17, 15) is 24.5 Å². The van der Waals surface area contributed by atoms with Crippen molar-refractivity contribution in [2.45, 2.75) is 6.42 Å². The number of imide groups is 1.